The third-order valence-corrected chi connectivity index (χ3v) is 6.52. The molecule has 0 radical (unpaired) electrons. The van der Waals surface area contributed by atoms with Gasteiger partial charge in [-0.25, -0.2) is 9.59 Å². The van der Waals surface area contributed by atoms with Gasteiger partial charge in [0, 0.05) is 18.8 Å². The Kier molecular flexibility index (Phi) is 6.51. The lowest BCUT2D eigenvalue weighted by atomic mass is 9.98. The van der Waals surface area contributed by atoms with Crippen molar-refractivity contribution in [2.24, 2.45) is 0 Å². The van der Waals surface area contributed by atoms with E-state index in [0.717, 1.165) is 28.7 Å². The van der Waals surface area contributed by atoms with Crippen LogP contribution in [0.5, 0.6) is 11.5 Å². The van der Waals surface area contributed by atoms with Crippen LogP contribution in [-0.4, -0.2) is 43.0 Å². The van der Waals surface area contributed by atoms with E-state index in [0.29, 0.717) is 35.3 Å². The lowest BCUT2D eigenvalue weighted by Gasteiger charge is -2.18. The van der Waals surface area contributed by atoms with Crippen LogP contribution < -0.4 is 14.8 Å². The second kappa shape index (κ2) is 9.88. The van der Waals surface area contributed by atoms with E-state index in [-0.39, 0.29) is 18.9 Å². The van der Waals surface area contributed by atoms with Crippen molar-refractivity contribution in [3.05, 3.63) is 82.4 Å². The Morgan fingerprint density at radius 2 is 1.69 bits per heavy atom. The summed E-state index contributed by atoms with van der Waals surface area (Å²) in [5.41, 5.74) is 5.00. The van der Waals surface area contributed by atoms with Gasteiger partial charge in [0.2, 0.25) is 0 Å². The molecule has 0 aromatic heterocycles. The number of fused-ring (bicyclic) bond motifs is 4. The second-order valence-corrected chi connectivity index (χ2v) is 8.93. The van der Waals surface area contributed by atoms with Crippen molar-refractivity contribution >= 4 is 23.7 Å². The summed E-state index contributed by atoms with van der Waals surface area (Å²) in [6, 6.07) is 18.1. The van der Waals surface area contributed by atoms with Crippen LogP contribution in [0.15, 0.2) is 60.7 Å². The van der Waals surface area contributed by atoms with Gasteiger partial charge in [0.15, 0.2) is 11.5 Å². The van der Waals surface area contributed by atoms with Gasteiger partial charge in [-0.2, -0.15) is 0 Å². The normalized spacial score (nSPS) is 14.9. The van der Waals surface area contributed by atoms with Gasteiger partial charge in [0.25, 0.3) is 0 Å². The molecule has 3 aromatic rings. The summed E-state index contributed by atoms with van der Waals surface area (Å²) in [7, 11) is 0. The number of carbonyl (C=O) groups is 2. The Bertz CT molecular complexity index is 1230. The molecule has 1 aliphatic carbocycles. The van der Waals surface area contributed by atoms with E-state index in [9.17, 15) is 14.7 Å². The second-order valence-electron chi connectivity index (χ2n) is 8.52. The highest BCUT2D eigenvalue weighted by molar-refractivity contribution is 6.32. The van der Waals surface area contributed by atoms with E-state index in [1.54, 1.807) is 12.1 Å². The van der Waals surface area contributed by atoms with E-state index in [1.807, 2.05) is 36.4 Å². The van der Waals surface area contributed by atoms with Crippen LogP contribution >= 0.6 is 11.6 Å². The molecular weight excluding hydrogens is 470 g/mol. The molecule has 2 aliphatic rings. The topological polar surface area (TPSA) is 94.1 Å². The van der Waals surface area contributed by atoms with Gasteiger partial charge >= 0.3 is 12.1 Å². The smallest absolute Gasteiger partial charge is 0.407 e. The third kappa shape index (κ3) is 4.77. The number of hydrogen-bond acceptors (Lipinski definition) is 5. The van der Waals surface area contributed by atoms with Gasteiger partial charge in [-0.1, -0.05) is 60.1 Å². The minimum atomic E-state index is -1.20. The molecule has 35 heavy (non-hydrogen) atoms. The number of carboxylic acids is 1. The lowest BCUT2D eigenvalue weighted by Crippen LogP contribution is -2.42. The van der Waals surface area contributed by atoms with E-state index in [1.165, 1.54) is 0 Å². The first kappa shape index (κ1) is 23.1. The van der Waals surface area contributed by atoms with E-state index < -0.39 is 18.1 Å². The molecule has 0 saturated carbocycles. The van der Waals surface area contributed by atoms with Crippen molar-refractivity contribution in [2.45, 2.75) is 24.8 Å². The van der Waals surface area contributed by atoms with Gasteiger partial charge in [-0.3, -0.25) is 0 Å². The van der Waals surface area contributed by atoms with Crippen molar-refractivity contribution in [1.82, 2.24) is 5.32 Å². The Hall–Kier alpha value is -3.71. The molecule has 3 aromatic carbocycles. The molecule has 180 valence electrons. The molecule has 1 heterocycles. The lowest BCUT2D eigenvalue weighted by molar-refractivity contribution is -0.139. The predicted molar refractivity (Wildman–Crippen MR) is 130 cm³/mol. The van der Waals surface area contributed by atoms with Crippen LogP contribution in [0.2, 0.25) is 5.02 Å². The molecule has 0 saturated heterocycles. The van der Waals surface area contributed by atoms with Crippen LogP contribution in [0, 0.1) is 0 Å². The molecular formula is C27H24ClNO6. The summed E-state index contributed by atoms with van der Waals surface area (Å²) in [6.45, 7) is 1.07. The van der Waals surface area contributed by atoms with Gasteiger partial charge in [0.1, 0.15) is 12.6 Å². The number of alkyl carbamates (subject to hydrolysis) is 1. The summed E-state index contributed by atoms with van der Waals surface area (Å²) in [5.74, 6) is -0.377. The number of halogens is 1. The molecule has 0 bridgehead atoms. The van der Waals surface area contributed by atoms with Crippen molar-refractivity contribution in [1.29, 1.82) is 0 Å². The Morgan fingerprint density at radius 1 is 1.03 bits per heavy atom. The maximum Gasteiger partial charge on any atom is 0.407 e. The molecule has 2 N–H and O–H groups in total. The minimum absolute atomic E-state index is 0.00981. The zero-order valence-electron chi connectivity index (χ0n) is 18.8. The molecule has 1 amide bonds. The number of nitrogens with one attached hydrogen (secondary N) is 1. The summed E-state index contributed by atoms with van der Waals surface area (Å²) in [6.07, 6.45) is -0.0585. The molecule has 1 unspecified atom stereocenters. The third-order valence-electron chi connectivity index (χ3n) is 6.24. The fourth-order valence-corrected chi connectivity index (χ4v) is 4.91. The van der Waals surface area contributed by atoms with E-state index in [4.69, 9.17) is 25.8 Å². The van der Waals surface area contributed by atoms with E-state index in [2.05, 4.69) is 17.4 Å². The van der Waals surface area contributed by atoms with Crippen LogP contribution in [0.4, 0.5) is 4.79 Å². The van der Waals surface area contributed by atoms with Crippen LogP contribution in [0.1, 0.15) is 29.0 Å². The number of amides is 1. The first-order valence-electron chi connectivity index (χ1n) is 11.4. The SMILES string of the molecule is O=C(NC(Cc1cc(Cl)c2c(c1)OCCCO2)C(=O)O)OCC1c2ccccc2-c2ccccc21. The van der Waals surface area contributed by atoms with Gasteiger partial charge in [-0.15, -0.1) is 0 Å². The Morgan fingerprint density at radius 3 is 2.37 bits per heavy atom. The average Bonchev–Trinajstić information content (AvgIpc) is 2.98. The largest absolute Gasteiger partial charge is 0.489 e. The number of carboxylic acid groups (broad SMARTS) is 1. The van der Waals surface area contributed by atoms with Crippen LogP contribution in [0.3, 0.4) is 0 Å². The quantitative estimate of drug-likeness (QED) is 0.500. The van der Waals surface area contributed by atoms with Gasteiger partial charge in [0.05, 0.1) is 18.2 Å². The number of rotatable bonds is 6. The molecule has 1 atom stereocenters. The summed E-state index contributed by atoms with van der Waals surface area (Å²) < 4.78 is 16.8. The van der Waals surface area contributed by atoms with Crippen molar-refractivity contribution in [3.63, 3.8) is 0 Å². The van der Waals surface area contributed by atoms with Crippen LogP contribution in [-0.2, 0) is 16.0 Å². The first-order valence-corrected chi connectivity index (χ1v) is 11.8. The van der Waals surface area contributed by atoms with Gasteiger partial charge in [-0.05, 0) is 39.9 Å². The highest BCUT2D eigenvalue weighted by Gasteiger charge is 2.30. The summed E-state index contributed by atoms with van der Waals surface area (Å²) in [4.78, 5) is 24.5. The molecule has 0 spiro atoms. The van der Waals surface area contributed by atoms with E-state index >= 15 is 0 Å². The number of ether oxygens (including phenoxy) is 3. The average molecular weight is 494 g/mol. The highest BCUT2D eigenvalue weighted by Crippen LogP contribution is 2.44. The molecule has 7 nitrogen and oxygen atoms in total. The van der Waals surface area contributed by atoms with Crippen molar-refractivity contribution < 1.29 is 28.9 Å². The molecule has 5 rings (SSSR count). The number of hydrogen-bond donors (Lipinski definition) is 2. The standard InChI is InChI=1S/C27H24ClNO6/c28-22-12-16(14-24-25(22)34-11-5-10-33-24)13-23(26(30)31)29-27(32)35-15-21-19-8-3-1-6-17(19)18-7-2-4-9-20(18)21/h1-4,6-9,12,14,21,23H,5,10-11,13,15H2,(H,29,32)(H,30,31). The zero-order chi connectivity index (χ0) is 24.4. The minimum Gasteiger partial charge on any atom is -0.489 e. The van der Waals surface area contributed by atoms with Crippen molar-refractivity contribution in [3.8, 4) is 22.6 Å². The Labute approximate surface area is 207 Å². The van der Waals surface area contributed by atoms with Crippen LogP contribution in [0.25, 0.3) is 11.1 Å². The monoisotopic (exact) mass is 493 g/mol. The first-order chi connectivity index (χ1) is 17.0. The number of aliphatic carboxylic acids is 1. The predicted octanol–water partition coefficient (Wildman–Crippen LogP) is 5.04. The zero-order valence-corrected chi connectivity index (χ0v) is 19.6. The fourth-order valence-electron chi connectivity index (χ4n) is 4.62. The summed E-state index contributed by atoms with van der Waals surface area (Å²) in [5, 5.41) is 12.5. The number of benzene rings is 3. The fraction of sp³-hybridized carbons (Fsp3) is 0.259. The highest BCUT2D eigenvalue weighted by atomic mass is 35.5. The van der Waals surface area contributed by atoms with Crippen molar-refractivity contribution in [2.75, 3.05) is 19.8 Å². The molecule has 0 fully saturated rings. The molecule has 1 aliphatic heterocycles. The maximum atomic E-state index is 12.6. The summed E-state index contributed by atoms with van der Waals surface area (Å²) >= 11 is 6.33. The molecule has 8 heteroatoms. The number of carbonyl (C=O) groups excluding carboxylic acids is 1. The van der Waals surface area contributed by atoms with Gasteiger partial charge < -0.3 is 24.6 Å². The maximum absolute atomic E-state index is 12.6. The Balaban J connectivity index is 1.26.